The van der Waals surface area contributed by atoms with Crippen LogP contribution in [0.4, 0.5) is 0 Å². The molecule has 5 heteroatoms. The van der Waals surface area contributed by atoms with Crippen molar-refractivity contribution in [1.29, 1.82) is 0 Å². The molecule has 2 saturated heterocycles. The molecular formula is C10H18O5. The Balaban J connectivity index is 2.16. The lowest BCUT2D eigenvalue weighted by molar-refractivity contribution is -0.265. The molecule has 2 rings (SSSR count). The van der Waals surface area contributed by atoms with Gasteiger partial charge in [0.1, 0.15) is 18.3 Å². The van der Waals surface area contributed by atoms with Gasteiger partial charge < -0.3 is 24.1 Å². The summed E-state index contributed by atoms with van der Waals surface area (Å²) in [4.78, 5) is 0. The Kier molecular flexibility index (Phi) is 2.77. The van der Waals surface area contributed by atoms with Crippen molar-refractivity contribution in [3.05, 3.63) is 0 Å². The molecule has 0 saturated carbocycles. The number of methoxy groups -OCH3 is 1. The standard InChI is InChI=1S/C10H18O5/c1-5-7-8(15-10(2,3)14-7)6(11)9(12-4)13-5/h5-9,11H,1-4H3/t5?,6?,7-,8?,9-/m0/s1. The number of hydrogen-bond donors (Lipinski definition) is 1. The van der Waals surface area contributed by atoms with E-state index in [1.165, 1.54) is 7.11 Å². The zero-order valence-electron chi connectivity index (χ0n) is 9.47. The first-order valence-corrected chi connectivity index (χ1v) is 5.16. The lowest BCUT2D eigenvalue weighted by Gasteiger charge is -2.37. The molecule has 0 aromatic rings. The average molecular weight is 218 g/mol. The van der Waals surface area contributed by atoms with Crippen LogP contribution in [0.25, 0.3) is 0 Å². The first kappa shape index (κ1) is 11.3. The van der Waals surface area contributed by atoms with E-state index in [1.54, 1.807) is 0 Å². The second kappa shape index (κ2) is 3.68. The molecule has 5 nitrogen and oxygen atoms in total. The van der Waals surface area contributed by atoms with Crippen LogP contribution in [-0.2, 0) is 18.9 Å². The normalized spacial score (nSPS) is 49.0. The Morgan fingerprint density at radius 2 is 1.80 bits per heavy atom. The minimum atomic E-state index is -0.807. The van der Waals surface area contributed by atoms with Crippen LogP contribution >= 0.6 is 0 Å². The van der Waals surface area contributed by atoms with Crippen molar-refractivity contribution >= 4 is 0 Å². The van der Waals surface area contributed by atoms with Gasteiger partial charge in [-0.05, 0) is 20.8 Å². The summed E-state index contributed by atoms with van der Waals surface area (Å²) < 4.78 is 21.8. The predicted octanol–water partition coefficient (Wildman–Crippen LogP) is 0.259. The summed E-state index contributed by atoms with van der Waals surface area (Å²) in [6, 6.07) is 0. The smallest absolute Gasteiger partial charge is 0.186 e. The first-order chi connectivity index (χ1) is 6.94. The van der Waals surface area contributed by atoms with Gasteiger partial charge in [0.25, 0.3) is 0 Å². The van der Waals surface area contributed by atoms with E-state index in [4.69, 9.17) is 18.9 Å². The molecule has 1 N–H and O–H groups in total. The number of ether oxygens (including phenoxy) is 4. The second-order valence-electron chi connectivity index (χ2n) is 4.50. The van der Waals surface area contributed by atoms with Crippen molar-refractivity contribution in [2.75, 3.05) is 7.11 Å². The number of aliphatic hydroxyl groups is 1. The highest BCUT2D eigenvalue weighted by Crippen LogP contribution is 2.37. The van der Waals surface area contributed by atoms with Gasteiger partial charge in [-0.1, -0.05) is 0 Å². The van der Waals surface area contributed by atoms with Gasteiger partial charge in [-0.3, -0.25) is 0 Å². The van der Waals surface area contributed by atoms with Crippen LogP contribution in [0.1, 0.15) is 20.8 Å². The van der Waals surface area contributed by atoms with E-state index in [1.807, 2.05) is 20.8 Å². The zero-order chi connectivity index (χ0) is 11.2. The molecule has 0 amide bonds. The molecule has 0 radical (unpaired) electrons. The molecule has 88 valence electrons. The highest BCUT2D eigenvalue weighted by molar-refractivity contribution is 4.94. The maximum absolute atomic E-state index is 9.93. The van der Waals surface area contributed by atoms with Gasteiger partial charge >= 0.3 is 0 Å². The van der Waals surface area contributed by atoms with Gasteiger partial charge in [-0.25, -0.2) is 0 Å². The second-order valence-corrected chi connectivity index (χ2v) is 4.50. The minimum Gasteiger partial charge on any atom is -0.385 e. The van der Waals surface area contributed by atoms with E-state index in [2.05, 4.69) is 0 Å². The minimum absolute atomic E-state index is 0.148. The fraction of sp³-hybridized carbons (Fsp3) is 1.00. The molecule has 15 heavy (non-hydrogen) atoms. The number of fused-ring (bicyclic) bond motifs is 1. The molecule has 0 aromatic carbocycles. The molecule has 0 aliphatic carbocycles. The number of rotatable bonds is 1. The van der Waals surface area contributed by atoms with Gasteiger partial charge in [0.2, 0.25) is 0 Å². The van der Waals surface area contributed by atoms with Crippen molar-refractivity contribution in [3.8, 4) is 0 Å². The van der Waals surface area contributed by atoms with E-state index in [-0.39, 0.29) is 18.3 Å². The van der Waals surface area contributed by atoms with Gasteiger partial charge in [0, 0.05) is 7.11 Å². The zero-order valence-corrected chi connectivity index (χ0v) is 9.47. The lowest BCUT2D eigenvalue weighted by Crippen LogP contribution is -2.55. The Morgan fingerprint density at radius 1 is 1.20 bits per heavy atom. The SMILES string of the molecule is CO[C@H]1OC(C)[C@@H]2OC(C)(C)OC2C1O. The molecule has 0 aromatic heterocycles. The predicted molar refractivity (Wildman–Crippen MR) is 51.2 cm³/mol. The van der Waals surface area contributed by atoms with Crippen molar-refractivity contribution in [2.45, 2.75) is 57.3 Å². The van der Waals surface area contributed by atoms with Crippen LogP contribution in [0.3, 0.4) is 0 Å². The number of hydrogen-bond acceptors (Lipinski definition) is 5. The van der Waals surface area contributed by atoms with E-state index in [0.717, 1.165) is 0 Å². The summed E-state index contributed by atoms with van der Waals surface area (Å²) in [5, 5.41) is 9.93. The molecule has 2 aliphatic rings. The van der Waals surface area contributed by atoms with Crippen LogP contribution in [0, 0.1) is 0 Å². The highest BCUT2D eigenvalue weighted by atomic mass is 16.8. The molecule has 2 heterocycles. The number of aliphatic hydroxyl groups excluding tert-OH is 1. The topological polar surface area (TPSA) is 57.2 Å². The summed E-state index contributed by atoms with van der Waals surface area (Å²) in [6.45, 7) is 5.54. The first-order valence-electron chi connectivity index (χ1n) is 5.16. The van der Waals surface area contributed by atoms with Crippen LogP contribution < -0.4 is 0 Å². The van der Waals surface area contributed by atoms with Gasteiger partial charge in [0.05, 0.1) is 6.10 Å². The van der Waals surface area contributed by atoms with Gasteiger partial charge in [-0.2, -0.15) is 0 Å². The van der Waals surface area contributed by atoms with Gasteiger partial charge in [-0.15, -0.1) is 0 Å². The fourth-order valence-electron chi connectivity index (χ4n) is 2.16. The Hall–Kier alpha value is -0.200. The van der Waals surface area contributed by atoms with Gasteiger partial charge in [0.15, 0.2) is 12.1 Å². The maximum Gasteiger partial charge on any atom is 0.186 e. The monoisotopic (exact) mass is 218 g/mol. The van der Waals surface area contributed by atoms with E-state index in [9.17, 15) is 5.11 Å². The van der Waals surface area contributed by atoms with Crippen LogP contribution in [-0.4, -0.2) is 48.7 Å². The average Bonchev–Trinajstić information content (AvgIpc) is 2.48. The molecule has 2 fully saturated rings. The summed E-state index contributed by atoms with van der Waals surface area (Å²) in [5.41, 5.74) is 0. The van der Waals surface area contributed by atoms with Crippen molar-refractivity contribution < 1.29 is 24.1 Å². The van der Waals surface area contributed by atoms with Crippen molar-refractivity contribution in [2.24, 2.45) is 0 Å². The van der Waals surface area contributed by atoms with Crippen LogP contribution in [0.5, 0.6) is 0 Å². The van der Waals surface area contributed by atoms with Crippen molar-refractivity contribution in [3.63, 3.8) is 0 Å². The summed E-state index contributed by atoms with van der Waals surface area (Å²) in [5.74, 6) is -0.670. The van der Waals surface area contributed by atoms with Crippen LogP contribution in [0.2, 0.25) is 0 Å². The quantitative estimate of drug-likeness (QED) is 0.684. The largest absolute Gasteiger partial charge is 0.385 e. The summed E-state index contributed by atoms with van der Waals surface area (Å²) >= 11 is 0. The van der Waals surface area contributed by atoms with Crippen LogP contribution in [0.15, 0.2) is 0 Å². The molecule has 5 atom stereocenters. The van der Waals surface area contributed by atoms with E-state index in [0.29, 0.717) is 0 Å². The molecule has 3 unspecified atom stereocenters. The third-order valence-electron chi connectivity index (χ3n) is 2.82. The lowest BCUT2D eigenvalue weighted by atomic mass is 10.0. The maximum atomic E-state index is 9.93. The Morgan fingerprint density at radius 3 is 2.40 bits per heavy atom. The Labute approximate surface area is 89.3 Å². The molecule has 0 spiro atoms. The summed E-state index contributed by atoms with van der Waals surface area (Å²) in [7, 11) is 1.50. The third kappa shape index (κ3) is 1.90. The highest BCUT2D eigenvalue weighted by Gasteiger charge is 2.53. The summed E-state index contributed by atoms with van der Waals surface area (Å²) in [6.07, 6.45) is -2.21. The molecular weight excluding hydrogens is 200 g/mol. The van der Waals surface area contributed by atoms with Crippen molar-refractivity contribution in [1.82, 2.24) is 0 Å². The van der Waals surface area contributed by atoms with E-state index >= 15 is 0 Å². The van der Waals surface area contributed by atoms with E-state index < -0.39 is 18.2 Å². The fourth-order valence-corrected chi connectivity index (χ4v) is 2.16. The molecule has 0 bridgehead atoms. The third-order valence-corrected chi connectivity index (χ3v) is 2.82. The Bertz CT molecular complexity index is 242. The molecule has 2 aliphatic heterocycles.